The SMILES string of the molecule is NC(=O)C[C@@H]1CCCN(Cc2cccc(-c3ccccn3)c2)C1. The van der Waals surface area contributed by atoms with E-state index in [2.05, 4.69) is 34.1 Å². The first-order chi connectivity index (χ1) is 11.2. The number of amides is 1. The molecule has 1 aromatic carbocycles. The van der Waals surface area contributed by atoms with E-state index in [9.17, 15) is 4.79 Å². The van der Waals surface area contributed by atoms with Crippen LogP contribution in [0.25, 0.3) is 11.3 Å². The van der Waals surface area contributed by atoms with E-state index in [1.807, 2.05) is 24.4 Å². The van der Waals surface area contributed by atoms with Gasteiger partial charge in [0.25, 0.3) is 0 Å². The molecule has 0 aliphatic carbocycles. The molecule has 2 N–H and O–H groups in total. The number of nitrogens with two attached hydrogens (primary N) is 1. The van der Waals surface area contributed by atoms with Crippen molar-refractivity contribution in [1.82, 2.24) is 9.88 Å². The highest BCUT2D eigenvalue weighted by molar-refractivity contribution is 5.74. The average molecular weight is 309 g/mol. The Morgan fingerprint density at radius 2 is 2.17 bits per heavy atom. The Morgan fingerprint density at radius 3 is 2.96 bits per heavy atom. The molecular formula is C19H23N3O. The molecule has 1 saturated heterocycles. The van der Waals surface area contributed by atoms with E-state index in [0.29, 0.717) is 12.3 Å². The second-order valence-electron chi connectivity index (χ2n) is 6.33. The molecule has 4 nitrogen and oxygen atoms in total. The van der Waals surface area contributed by atoms with Crippen LogP contribution in [-0.4, -0.2) is 28.9 Å². The highest BCUT2D eigenvalue weighted by atomic mass is 16.1. The van der Waals surface area contributed by atoms with Crippen molar-refractivity contribution in [2.75, 3.05) is 13.1 Å². The standard InChI is InChI=1S/C19H23N3O/c20-19(23)12-16-6-4-10-22(14-16)13-15-5-3-7-17(11-15)18-8-1-2-9-21-18/h1-3,5,7-9,11,16H,4,6,10,12-14H2,(H2,20,23)/t16-/m0/s1. The lowest BCUT2D eigenvalue weighted by molar-refractivity contribution is -0.119. The lowest BCUT2D eigenvalue weighted by Crippen LogP contribution is -2.36. The average Bonchev–Trinajstić information content (AvgIpc) is 2.56. The summed E-state index contributed by atoms with van der Waals surface area (Å²) in [5.74, 6) is 0.217. The van der Waals surface area contributed by atoms with Crippen molar-refractivity contribution in [2.45, 2.75) is 25.8 Å². The first-order valence-electron chi connectivity index (χ1n) is 8.22. The summed E-state index contributed by atoms with van der Waals surface area (Å²) in [6, 6.07) is 14.5. The van der Waals surface area contributed by atoms with Gasteiger partial charge in [-0.05, 0) is 49.1 Å². The van der Waals surface area contributed by atoms with Crippen molar-refractivity contribution in [3.63, 3.8) is 0 Å². The molecule has 1 amide bonds. The fourth-order valence-electron chi connectivity index (χ4n) is 3.37. The summed E-state index contributed by atoms with van der Waals surface area (Å²) in [6.07, 6.45) is 4.57. The van der Waals surface area contributed by atoms with Gasteiger partial charge in [0.2, 0.25) is 5.91 Å². The number of rotatable bonds is 5. The maximum Gasteiger partial charge on any atom is 0.217 e. The number of pyridine rings is 1. The molecule has 4 heteroatoms. The number of primary amides is 1. The predicted molar refractivity (Wildman–Crippen MR) is 91.5 cm³/mol. The summed E-state index contributed by atoms with van der Waals surface area (Å²) in [5, 5.41) is 0. The third-order valence-corrected chi connectivity index (χ3v) is 4.39. The fourth-order valence-corrected chi connectivity index (χ4v) is 3.37. The summed E-state index contributed by atoms with van der Waals surface area (Å²) in [5.41, 5.74) is 8.77. The summed E-state index contributed by atoms with van der Waals surface area (Å²) in [7, 11) is 0. The van der Waals surface area contributed by atoms with Crippen molar-refractivity contribution in [3.05, 3.63) is 54.2 Å². The van der Waals surface area contributed by atoms with E-state index >= 15 is 0 Å². The lowest BCUT2D eigenvalue weighted by Gasteiger charge is -2.32. The van der Waals surface area contributed by atoms with Gasteiger partial charge in [-0.25, -0.2) is 0 Å². The van der Waals surface area contributed by atoms with Crippen molar-refractivity contribution >= 4 is 5.91 Å². The molecule has 0 spiro atoms. The van der Waals surface area contributed by atoms with Crippen LogP contribution in [0.15, 0.2) is 48.7 Å². The van der Waals surface area contributed by atoms with Gasteiger partial charge in [0.05, 0.1) is 5.69 Å². The lowest BCUT2D eigenvalue weighted by atomic mass is 9.94. The minimum absolute atomic E-state index is 0.186. The molecule has 1 aromatic heterocycles. The van der Waals surface area contributed by atoms with Gasteiger partial charge in [0.15, 0.2) is 0 Å². The van der Waals surface area contributed by atoms with Gasteiger partial charge in [0.1, 0.15) is 0 Å². The third-order valence-electron chi connectivity index (χ3n) is 4.39. The molecule has 0 unspecified atom stereocenters. The molecule has 1 aliphatic heterocycles. The number of hydrogen-bond acceptors (Lipinski definition) is 3. The Hall–Kier alpha value is -2.20. The van der Waals surface area contributed by atoms with Crippen LogP contribution in [0.2, 0.25) is 0 Å². The molecule has 1 aliphatic rings. The Balaban J connectivity index is 1.67. The monoisotopic (exact) mass is 309 g/mol. The molecule has 1 fully saturated rings. The Bertz CT molecular complexity index is 657. The minimum atomic E-state index is -0.186. The molecule has 2 heterocycles. The first-order valence-corrected chi connectivity index (χ1v) is 8.22. The molecule has 0 radical (unpaired) electrons. The van der Waals surface area contributed by atoms with Gasteiger partial charge in [-0.2, -0.15) is 0 Å². The molecule has 1 atom stereocenters. The van der Waals surface area contributed by atoms with Crippen LogP contribution < -0.4 is 5.73 Å². The maximum atomic E-state index is 11.1. The first kappa shape index (κ1) is 15.7. The molecule has 23 heavy (non-hydrogen) atoms. The molecule has 2 aromatic rings. The smallest absolute Gasteiger partial charge is 0.217 e. The predicted octanol–water partition coefficient (Wildman–Crippen LogP) is 2.84. The van der Waals surface area contributed by atoms with E-state index in [1.54, 1.807) is 0 Å². The molecule has 0 bridgehead atoms. The van der Waals surface area contributed by atoms with E-state index in [0.717, 1.165) is 43.7 Å². The van der Waals surface area contributed by atoms with Crippen LogP contribution in [0.5, 0.6) is 0 Å². The number of likely N-dealkylation sites (tertiary alicyclic amines) is 1. The maximum absolute atomic E-state index is 11.1. The van der Waals surface area contributed by atoms with Crippen molar-refractivity contribution < 1.29 is 4.79 Å². The van der Waals surface area contributed by atoms with Crippen molar-refractivity contribution in [3.8, 4) is 11.3 Å². The van der Waals surface area contributed by atoms with E-state index in [-0.39, 0.29) is 5.91 Å². The number of carbonyl (C=O) groups is 1. The van der Waals surface area contributed by atoms with E-state index in [4.69, 9.17) is 5.73 Å². The summed E-state index contributed by atoms with van der Waals surface area (Å²) in [6.45, 7) is 2.95. The Labute approximate surface area is 137 Å². The number of nitrogens with zero attached hydrogens (tertiary/aromatic N) is 2. The number of aromatic nitrogens is 1. The van der Waals surface area contributed by atoms with E-state index < -0.39 is 0 Å². The third kappa shape index (κ3) is 4.39. The van der Waals surface area contributed by atoms with Crippen LogP contribution in [0.4, 0.5) is 0 Å². The van der Waals surface area contributed by atoms with Crippen LogP contribution in [-0.2, 0) is 11.3 Å². The van der Waals surface area contributed by atoms with Gasteiger partial charge in [-0.1, -0.05) is 24.3 Å². The summed E-state index contributed by atoms with van der Waals surface area (Å²) in [4.78, 5) is 18.0. The summed E-state index contributed by atoms with van der Waals surface area (Å²) >= 11 is 0. The van der Waals surface area contributed by atoms with Crippen LogP contribution in [0.3, 0.4) is 0 Å². The highest BCUT2D eigenvalue weighted by Gasteiger charge is 2.21. The number of benzene rings is 1. The Kier molecular flexibility index (Phi) is 5.03. The van der Waals surface area contributed by atoms with Gasteiger partial charge < -0.3 is 5.73 Å². The molecular weight excluding hydrogens is 286 g/mol. The zero-order valence-corrected chi connectivity index (χ0v) is 13.3. The quantitative estimate of drug-likeness (QED) is 0.924. The van der Waals surface area contributed by atoms with Crippen LogP contribution in [0.1, 0.15) is 24.8 Å². The van der Waals surface area contributed by atoms with E-state index in [1.165, 1.54) is 5.56 Å². The van der Waals surface area contributed by atoms with Gasteiger partial charge in [-0.3, -0.25) is 14.7 Å². The minimum Gasteiger partial charge on any atom is -0.370 e. The number of hydrogen-bond donors (Lipinski definition) is 1. The van der Waals surface area contributed by atoms with Crippen LogP contribution in [0, 0.1) is 5.92 Å². The van der Waals surface area contributed by atoms with Gasteiger partial charge in [-0.15, -0.1) is 0 Å². The molecule has 3 rings (SSSR count). The zero-order valence-electron chi connectivity index (χ0n) is 13.3. The zero-order chi connectivity index (χ0) is 16.1. The second-order valence-corrected chi connectivity index (χ2v) is 6.33. The summed E-state index contributed by atoms with van der Waals surface area (Å²) < 4.78 is 0. The fraction of sp³-hybridized carbons (Fsp3) is 0.368. The highest BCUT2D eigenvalue weighted by Crippen LogP contribution is 2.23. The largest absolute Gasteiger partial charge is 0.370 e. The van der Waals surface area contributed by atoms with Gasteiger partial charge >= 0.3 is 0 Å². The Morgan fingerprint density at radius 1 is 1.26 bits per heavy atom. The molecule has 0 saturated carbocycles. The van der Waals surface area contributed by atoms with Crippen molar-refractivity contribution in [2.24, 2.45) is 11.7 Å². The van der Waals surface area contributed by atoms with Gasteiger partial charge in [0, 0.05) is 31.3 Å². The van der Waals surface area contributed by atoms with Crippen LogP contribution >= 0.6 is 0 Å². The number of carbonyl (C=O) groups excluding carboxylic acids is 1. The second kappa shape index (κ2) is 7.38. The number of piperidine rings is 1. The topological polar surface area (TPSA) is 59.2 Å². The molecule has 120 valence electrons. The van der Waals surface area contributed by atoms with Crippen molar-refractivity contribution in [1.29, 1.82) is 0 Å². The normalized spacial score (nSPS) is 18.7.